The number of anilines is 1. The van der Waals surface area contributed by atoms with E-state index in [1.54, 1.807) is 18.8 Å². The first-order chi connectivity index (χ1) is 6.19. The molecule has 0 radical (unpaired) electrons. The van der Waals surface area contributed by atoms with Gasteiger partial charge >= 0.3 is 0 Å². The van der Waals surface area contributed by atoms with E-state index >= 15 is 0 Å². The first-order valence-electron chi connectivity index (χ1n) is 3.66. The molecule has 0 aliphatic carbocycles. The molecule has 0 heterocycles. The molecule has 0 aliphatic rings. The topological polar surface area (TPSA) is 27.0 Å². The molecule has 0 saturated heterocycles. The zero-order valence-corrected chi connectivity index (χ0v) is 9.82. The summed E-state index contributed by atoms with van der Waals surface area (Å²) in [7, 11) is 1.74. The molecule has 2 nitrogen and oxygen atoms in total. The predicted octanol–water partition coefficient (Wildman–Crippen LogP) is 3.09. The van der Waals surface area contributed by atoms with Crippen LogP contribution in [-0.4, -0.2) is 13.3 Å². The number of halogens is 1. The van der Waals surface area contributed by atoms with Crippen LogP contribution in [0.15, 0.2) is 27.6 Å². The number of thioether (sulfide) groups is 1. The normalized spacial score (nSPS) is 9.38. The monoisotopic (exact) mass is 256 g/mol. The molecule has 1 rings (SSSR count). The van der Waals surface area contributed by atoms with Gasteiger partial charge in [0.25, 0.3) is 0 Å². The van der Waals surface area contributed by atoms with E-state index in [1.807, 2.05) is 24.5 Å². The Morgan fingerprint density at radius 3 is 2.77 bits per heavy atom. The summed E-state index contributed by atoms with van der Waals surface area (Å²) in [6.45, 7) is 0. The van der Waals surface area contributed by atoms with Crippen LogP contribution in [0.5, 0.6) is 0 Å². The van der Waals surface area contributed by atoms with Crippen molar-refractivity contribution >= 4 is 33.4 Å². The SMILES string of the molecule is CSc1ccc(Br)c(N(C)C#N)c1. The van der Waals surface area contributed by atoms with Crippen molar-refractivity contribution in [3.63, 3.8) is 0 Å². The van der Waals surface area contributed by atoms with Crippen molar-refractivity contribution in [1.82, 2.24) is 0 Å². The Balaban J connectivity index is 3.12. The summed E-state index contributed by atoms with van der Waals surface area (Å²) < 4.78 is 0.939. The van der Waals surface area contributed by atoms with E-state index < -0.39 is 0 Å². The molecule has 4 heteroatoms. The van der Waals surface area contributed by atoms with Crippen molar-refractivity contribution in [2.45, 2.75) is 4.90 Å². The second-order valence-electron chi connectivity index (χ2n) is 2.48. The largest absolute Gasteiger partial charge is 0.281 e. The number of rotatable bonds is 2. The first-order valence-corrected chi connectivity index (χ1v) is 5.68. The number of hydrogen-bond acceptors (Lipinski definition) is 3. The van der Waals surface area contributed by atoms with E-state index in [0.29, 0.717) is 0 Å². The molecule has 0 aromatic heterocycles. The van der Waals surface area contributed by atoms with Gasteiger partial charge in [0.1, 0.15) is 0 Å². The first kappa shape index (κ1) is 10.4. The Bertz CT molecular complexity index is 346. The highest BCUT2D eigenvalue weighted by molar-refractivity contribution is 9.10. The third-order valence-electron chi connectivity index (χ3n) is 1.66. The van der Waals surface area contributed by atoms with Gasteiger partial charge in [-0.15, -0.1) is 11.8 Å². The van der Waals surface area contributed by atoms with Gasteiger partial charge in [-0.05, 0) is 40.4 Å². The van der Waals surface area contributed by atoms with Crippen molar-refractivity contribution in [3.8, 4) is 6.19 Å². The van der Waals surface area contributed by atoms with Crippen molar-refractivity contribution in [1.29, 1.82) is 5.26 Å². The van der Waals surface area contributed by atoms with Crippen molar-refractivity contribution in [2.24, 2.45) is 0 Å². The minimum Gasteiger partial charge on any atom is -0.281 e. The van der Waals surface area contributed by atoms with Crippen LogP contribution in [0, 0.1) is 11.5 Å². The highest BCUT2D eigenvalue weighted by atomic mass is 79.9. The van der Waals surface area contributed by atoms with Crippen LogP contribution >= 0.6 is 27.7 Å². The van der Waals surface area contributed by atoms with Gasteiger partial charge in [-0.3, -0.25) is 4.90 Å². The third kappa shape index (κ3) is 2.39. The van der Waals surface area contributed by atoms with Crippen LogP contribution in [0.2, 0.25) is 0 Å². The van der Waals surface area contributed by atoms with Gasteiger partial charge in [-0.25, -0.2) is 0 Å². The van der Waals surface area contributed by atoms with Gasteiger partial charge in [0.05, 0.1) is 5.69 Å². The Morgan fingerprint density at radius 1 is 1.54 bits per heavy atom. The summed E-state index contributed by atoms with van der Waals surface area (Å²) in [5.41, 5.74) is 0.898. The lowest BCUT2D eigenvalue weighted by Crippen LogP contribution is -2.08. The lowest BCUT2D eigenvalue weighted by Gasteiger charge is -2.11. The Kier molecular flexibility index (Phi) is 3.64. The maximum absolute atomic E-state index is 8.72. The minimum atomic E-state index is 0.898. The lowest BCUT2D eigenvalue weighted by atomic mass is 10.3. The summed E-state index contributed by atoms with van der Waals surface area (Å²) >= 11 is 5.06. The Hall–Kier alpha value is -0.660. The average molecular weight is 257 g/mol. The van der Waals surface area contributed by atoms with Gasteiger partial charge in [-0.1, -0.05) is 0 Å². The van der Waals surface area contributed by atoms with Crippen molar-refractivity contribution in [3.05, 3.63) is 22.7 Å². The third-order valence-corrected chi connectivity index (χ3v) is 3.06. The highest BCUT2D eigenvalue weighted by Gasteiger charge is 2.05. The van der Waals surface area contributed by atoms with Gasteiger partial charge in [0.15, 0.2) is 6.19 Å². The van der Waals surface area contributed by atoms with Crippen LogP contribution in [0.25, 0.3) is 0 Å². The maximum atomic E-state index is 8.72. The van der Waals surface area contributed by atoms with Crippen LogP contribution in [-0.2, 0) is 0 Å². The average Bonchev–Trinajstić information content (AvgIpc) is 2.17. The molecule has 1 aromatic carbocycles. The number of benzene rings is 1. The van der Waals surface area contributed by atoms with Gasteiger partial charge < -0.3 is 0 Å². The van der Waals surface area contributed by atoms with E-state index in [1.165, 1.54) is 4.90 Å². The standard InChI is InChI=1S/C9H9BrN2S/c1-12(6-11)9-5-7(13-2)3-4-8(9)10/h3-5H,1-2H3. The fourth-order valence-corrected chi connectivity index (χ4v) is 1.88. The number of nitrogens with zero attached hydrogens (tertiary/aromatic N) is 2. The molecule has 0 saturated carbocycles. The van der Waals surface area contributed by atoms with E-state index in [0.717, 1.165) is 15.1 Å². The smallest absolute Gasteiger partial charge is 0.184 e. The zero-order valence-electron chi connectivity index (χ0n) is 7.41. The molecule has 13 heavy (non-hydrogen) atoms. The molecule has 0 atom stereocenters. The quantitative estimate of drug-likeness (QED) is 0.463. The molecule has 0 N–H and O–H groups in total. The molecule has 0 amide bonds. The van der Waals surface area contributed by atoms with Crippen LogP contribution in [0.4, 0.5) is 5.69 Å². The predicted molar refractivity (Wildman–Crippen MR) is 59.9 cm³/mol. The molecule has 0 aliphatic heterocycles. The van der Waals surface area contributed by atoms with Crippen LogP contribution < -0.4 is 4.90 Å². The molecule has 1 aromatic rings. The molecule has 0 bridgehead atoms. The summed E-state index contributed by atoms with van der Waals surface area (Å²) in [5.74, 6) is 0. The lowest BCUT2D eigenvalue weighted by molar-refractivity contribution is 1.18. The second kappa shape index (κ2) is 4.54. The van der Waals surface area contributed by atoms with Crippen LogP contribution in [0.1, 0.15) is 0 Å². The van der Waals surface area contributed by atoms with Gasteiger partial charge in [0, 0.05) is 16.4 Å². The van der Waals surface area contributed by atoms with E-state index in [-0.39, 0.29) is 0 Å². The summed E-state index contributed by atoms with van der Waals surface area (Å²) in [6, 6.07) is 5.95. The number of nitriles is 1. The van der Waals surface area contributed by atoms with E-state index in [2.05, 4.69) is 22.1 Å². The second-order valence-corrected chi connectivity index (χ2v) is 4.21. The Morgan fingerprint density at radius 2 is 2.23 bits per heavy atom. The molecule has 68 valence electrons. The minimum absolute atomic E-state index is 0.898. The molecule has 0 spiro atoms. The van der Waals surface area contributed by atoms with Crippen molar-refractivity contribution in [2.75, 3.05) is 18.2 Å². The highest BCUT2D eigenvalue weighted by Crippen LogP contribution is 2.29. The van der Waals surface area contributed by atoms with Gasteiger partial charge in [-0.2, -0.15) is 5.26 Å². The molecular weight excluding hydrogens is 248 g/mol. The molecular formula is C9H9BrN2S. The molecule has 0 fully saturated rings. The maximum Gasteiger partial charge on any atom is 0.184 e. The van der Waals surface area contributed by atoms with Crippen LogP contribution in [0.3, 0.4) is 0 Å². The van der Waals surface area contributed by atoms with E-state index in [9.17, 15) is 0 Å². The van der Waals surface area contributed by atoms with Gasteiger partial charge in [0.2, 0.25) is 0 Å². The fourth-order valence-electron chi connectivity index (χ4n) is 0.930. The zero-order chi connectivity index (χ0) is 9.84. The van der Waals surface area contributed by atoms with Crippen molar-refractivity contribution < 1.29 is 0 Å². The summed E-state index contributed by atoms with van der Waals surface area (Å²) in [5, 5.41) is 8.72. The Labute approximate surface area is 90.7 Å². The molecule has 0 unspecified atom stereocenters. The number of hydrogen-bond donors (Lipinski definition) is 0. The summed E-state index contributed by atoms with van der Waals surface area (Å²) in [4.78, 5) is 2.68. The summed E-state index contributed by atoms with van der Waals surface area (Å²) in [6.07, 6.45) is 4.08. The van der Waals surface area contributed by atoms with E-state index in [4.69, 9.17) is 5.26 Å². The fraction of sp³-hybridized carbons (Fsp3) is 0.222.